The number of halogens is 1. The van der Waals surface area contributed by atoms with Crippen molar-refractivity contribution in [2.45, 2.75) is 10.7 Å². The Balaban J connectivity index is 1.35. The highest BCUT2D eigenvalue weighted by molar-refractivity contribution is 9.09. The van der Waals surface area contributed by atoms with E-state index in [1.807, 2.05) is 0 Å². The number of rotatable bonds is 5. The van der Waals surface area contributed by atoms with Crippen LogP contribution in [0.2, 0.25) is 0 Å². The molecule has 1 atom stereocenters. The molecule has 0 heterocycles. The fourth-order valence-corrected chi connectivity index (χ4v) is 5.53. The Bertz CT molecular complexity index is 1550. The third-order valence-corrected chi connectivity index (χ3v) is 7.93. The van der Waals surface area contributed by atoms with Gasteiger partial charge >= 0.3 is 0 Å². The van der Waals surface area contributed by atoms with Crippen molar-refractivity contribution in [3.05, 3.63) is 157 Å². The molecule has 36 heavy (non-hydrogen) atoms. The van der Waals surface area contributed by atoms with E-state index in [0.29, 0.717) is 0 Å². The molecule has 0 amide bonds. The molecule has 0 aliphatic heterocycles. The molecule has 0 N–H and O–H groups in total. The first-order chi connectivity index (χ1) is 17.7. The summed E-state index contributed by atoms with van der Waals surface area (Å²) in [5, 5.41) is 2.47. The zero-order valence-electron chi connectivity index (χ0n) is 19.9. The highest BCUT2D eigenvalue weighted by Gasteiger charge is 2.27. The van der Waals surface area contributed by atoms with Crippen molar-refractivity contribution < 1.29 is 0 Å². The monoisotopic (exact) mass is 527 g/mol. The zero-order chi connectivity index (χ0) is 24.4. The maximum Gasteiger partial charge on any atom is 0.0723 e. The lowest BCUT2D eigenvalue weighted by atomic mass is 9.88. The van der Waals surface area contributed by atoms with E-state index in [1.165, 1.54) is 33.2 Å². The maximum absolute atomic E-state index is 3.97. The van der Waals surface area contributed by atoms with Crippen LogP contribution in [0.3, 0.4) is 0 Å². The van der Waals surface area contributed by atoms with Crippen LogP contribution in [0.15, 0.2) is 146 Å². The first kappa shape index (κ1) is 22.6. The third-order valence-electron chi connectivity index (χ3n) is 6.88. The highest BCUT2D eigenvalue weighted by atomic mass is 79.9. The van der Waals surface area contributed by atoms with Crippen LogP contribution in [0, 0.1) is 0 Å². The smallest absolute Gasteiger partial charge is 0.0723 e. The van der Waals surface area contributed by atoms with Gasteiger partial charge in [-0.1, -0.05) is 131 Å². The van der Waals surface area contributed by atoms with E-state index in [1.54, 1.807) is 0 Å². The summed E-state index contributed by atoms with van der Waals surface area (Å²) >= 11 is 3.97. The molecule has 1 aliphatic rings. The van der Waals surface area contributed by atoms with Gasteiger partial charge in [-0.2, -0.15) is 0 Å². The van der Waals surface area contributed by atoms with Crippen LogP contribution >= 0.6 is 15.9 Å². The minimum absolute atomic E-state index is 0.143. The first-order valence-corrected chi connectivity index (χ1v) is 13.1. The largest absolute Gasteiger partial charge is 0.310 e. The van der Waals surface area contributed by atoms with Gasteiger partial charge < -0.3 is 4.90 Å². The van der Waals surface area contributed by atoms with Crippen LogP contribution < -0.4 is 4.90 Å². The fraction of sp³-hybridized carbons (Fsp3) is 0.0588. The molecule has 174 valence electrons. The molecule has 1 nitrogen and oxygen atoms in total. The molecule has 5 aromatic rings. The van der Waals surface area contributed by atoms with Crippen LogP contribution in [-0.4, -0.2) is 0 Å². The first-order valence-electron chi connectivity index (χ1n) is 12.3. The van der Waals surface area contributed by atoms with Gasteiger partial charge in [-0.3, -0.25) is 0 Å². The highest BCUT2D eigenvalue weighted by Crippen LogP contribution is 2.42. The van der Waals surface area contributed by atoms with Gasteiger partial charge in [0.1, 0.15) is 0 Å². The van der Waals surface area contributed by atoms with Gasteiger partial charge in [0.15, 0.2) is 0 Å². The second kappa shape index (κ2) is 9.64. The Morgan fingerprint density at radius 1 is 0.611 bits per heavy atom. The number of para-hydroxylation sites is 1. The van der Waals surface area contributed by atoms with Crippen molar-refractivity contribution >= 4 is 49.3 Å². The van der Waals surface area contributed by atoms with Gasteiger partial charge in [0, 0.05) is 16.8 Å². The van der Waals surface area contributed by atoms with Crippen molar-refractivity contribution in [2.24, 2.45) is 0 Å². The third kappa shape index (κ3) is 4.29. The number of hydrogen-bond acceptors (Lipinski definition) is 1. The van der Waals surface area contributed by atoms with E-state index in [2.05, 4.69) is 166 Å². The normalized spacial score (nSPS) is 17.1. The predicted molar refractivity (Wildman–Crippen MR) is 157 cm³/mol. The van der Waals surface area contributed by atoms with Gasteiger partial charge in [0.2, 0.25) is 0 Å². The molecule has 2 heteroatoms. The number of hydrogen-bond donors (Lipinski definition) is 0. The van der Waals surface area contributed by atoms with Crippen LogP contribution in [0.1, 0.15) is 17.5 Å². The topological polar surface area (TPSA) is 3.24 Å². The second-order valence-corrected chi connectivity index (χ2v) is 10.6. The van der Waals surface area contributed by atoms with E-state index in [-0.39, 0.29) is 4.32 Å². The summed E-state index contributed by atoms with van der Waals surface area (Å²) in [6.07, 6.45) is 7.76. The molecule has 6 rings (SSSR count). The van der Waals surface area contributed by atoms with Crippen LogP contribution in [-0.2, 0) is 4.32 Å². The molecule has 0 fully saturated rings. The summed E-state index contributed by atoms with van der Waals surface area (Å²) in [5.41, 5.74) is 7.22. The van der Waals surface area contributed by atoms with Gasteiger partial charge in [-0.25, -0.2) is 0 Å². The van der Waals surface area contributed by atoms with Gasteiger partial charge in [0.05, 0.1) is 10.0 Å². The minimum atomic E-state index is -0.143. The lowest BCUT2D eigenvalue weighted by molar-refractivity contribution is 0.800. The van der Waals surface area contributed by atoms with Crippen molar-refractivity contribution in [3.63, 3.8) is 0 Å². The van der Waals surface area contributed by atoms with Crippen LogP contribution in [0.5, 0.6) is 0 Å². The van der Waals surface area contributed by atoms with E-state index in [4.69, 9.17) is 0 Å². The SMILES string of the molecule is BrC1(c2ccccc2)C=CC(c2ccc(N(c3ccccc3)c3cccc4ccccc34)cc2)=CC1. The number of fused-ring (bicyclic) bond motifs is 1. The minimum Gasteiger partial charge on any atom is -0.310 e. The summed E-state index contributed by atoms with van der Waals surface area (Å²) in [6.45, 7) is 0. The number of alkyl halides is 1. The number of benzene rings is 5. The Labute approximate surface area is 221 Å². The van der Waals surface area contributed by atoms with Crippen LogP contribution in [0.25, 0.3) is 16.3 Å². The molecule has 0 radical (unpaired) electrons. The van der Waals surface area contributed by atoms with E-state index >= 15 is 0 Å². The van der Waals surface area contributed by atoms with E-state index in [0.717, 1.165) is 17.8 Å². The number of anilines is 3. The predicted octanol–water partition coefficient (Wildman–Crippen LogP) is 9.94. The van der Waals surface area contributed by atoms with Crippen molar-refractivity contribution in [1.82, 2.24) is 0 Å². The molecular weight excluding hydrogens is 502 g/mol. The van der Waals surface area contributed by atoms with Crippen molar-refractivity contribution in [1.29, 1.82) is 0 Å². The van der Waals surface area contributed by atoms with Crippen LogP contribution in [0.4, 0.5) is 17.1 Å². The lowest BCUT2D eigenvalue weighted by Gasteiger charge is -2.28. The van der Waals surface area contributed by atoms with Gasteiger partial charge in [-0.15, -0.1) is 0 Å². The molecule has 1 aliphatic carbocycles. The molecule has 5 aromatic carbocycles. The number of allylic oxidation sites excluding steroid dienone is 4. The molecular formula is C34H26BrN. The lowest BCUT2D eigenvalue weighted by Crippen LogP contribution is -2.16. The Kier molecular flexibility index (Phi) is 6.04. The molecule has 0 aromatic heterocycles. The molecule has 0 saturated heterocycles. The van der Waals surface area contributed by atoms with Crippen molar-refractivity contribution in [2.75, 3.05) is 4.90 Å². The fourth-order valence-electron chi connectivity index (χ4n) is 4.97. The Morgan fingerprint density at radius 2 is 1.25 bits per heavy atom. The maximum atomic E-state index is 3.97. The van der Waals surface area contributed by atoms with Crippen molar-refractivity contribution in [3.8, 4) is 0 Å². The van der Waals surface area contributed by atoms with E-state index in [9.17, 15) is 0 Å². The van der Waals surface area contributed by atoms with Gasteiger partial charge in [0.25, 0.3) is 0 Å². The molecule has 0 bridgehead atoms. The summed E-state index contributed by atoms with van der Waals surface area (Å²) < 4.78 is -0.143. The summed E-state index contributed by atoms with van der Waals surface area (Å²) in [5.74, 6) is 0. The average Bonchev–Trinajstić information content (AvgIpc) is 2.95. The number of nitrogens with zero attached hydrogens (tertiary/aromatic N) is 1. The second-order valence-electron chi connectivity index (χ2n) is 9.14. The molecule has 0 spiro atoms. The van der Waals surface area contributed by atoms with E-state index < -0.39 is 0 Å². The summed E-state index contributed by atoms with van der Waals surface area (Å²) in [6, 6.07) is 45.2. The molecule has 0 saturated carbocycles. The summed E-state index contributed by atoms with van der Waals surface area (Å²) in [4.78, 5) is 2.34. The molecule has 1 unspecified atom stereocenters. The zero-order valence-corrected chi connectivity index (χ0v) is 21.5. The quantitative estimate of drug-likeness (QED) is 0.205. The van der Waals surface area contributed by atoms with Gasteiger partial charge in [-0.05, 0) is 58.8 Å². The summed E-state index contributed by atoms with van der Waals surface area (Å²) in [7, 11) is 0. The Morgan fingerprint density at radius 3 is 1.97 bits per heavy atom. The Hall–Kier alpha value is -3.88. The average molecular weight is 528 g/mol. The standard InChI is InChI=1S/C34H26BrN/c35-34(29-12-3-1-4-13-29)24-22-27(23-25-34)26-18-20-31(21-19-26)36(30-14-5-2-6-15-30)33-17-9-11-28-10-7-8-16-32(28)33/h1-24H,25H2.